The summed E-state index contributed by atoms with van der Waals surface area (Å²) in [5, 5.41) is 3.06. The Morgan fingerprint density at radius 1 is 1.37 bits per heavy atom. The Morgan fingerprint density at radius 2 is 2.05 bits per heavy atom. The van der Waals surface area contributed by atoms with E-state index in [0.717, 1.165) is 12.0 Å². The van der Waals surface area contributed by atoms with Crippen molar-refractivity contribution in [1.82, 2.24) is 0 Å². The lowest BCUT2D eigenvalue weighted by molar-refractivity contribution is -0.699. The van der Waals surface area contributed by atoms with E-state index < -0.39 is 0 Å². The van der Waals surface area contributed by atoms with Crippen LogP contribution in [0.5, 0.6) is 0 Å². The zero-order chi connectivity index (χ0) is 14.4. The fourth-order valence-electron chi connectivity index (χ4n) is 1.88. The molecular weight excluding hydrogens is 285 g/mol. The molecular formula is C14H20Cl2NO2+. The van der Waals surface area contributed by atoms with Gasteiger partial charge in [0.05, 0.1) is 17.2 Å². The van der Waals surface area contributed by atoms with E-state index in [9.17, 15) is 4.79 Å². The van der Waals surface area contributed by atoms with Gasteiger partial charge in [0, 0.05) is 11.5 Å². The van der Waals surface area contributed by atoms with Gasteiger partial charge in [0.15, 0.2) is 6.04 Å². The van der Waals surface area contributed by atoms with E-state index in [1.54, 1.807) is 6.07 Å². The molecule has 0 aliphatic rings. The molecule has 0 aliphatic carbocycles. The number of ether oxygens (including phenoxy) is 1. The van der Waals surface area contributed by atoms with Crippen LogP contribution >= 0.6 is 23.2 Å². The number of carbonyl (C=O) groups is 1. The Morgan fingerprint density at radius 3 is 2.58 bits per heavy atom. The van der Waals surface area contributed by atoms with Crippen LogP contribution < -0.4 is 5.32 Å². The summed E-state index contributed by atoms with van der Waals surface area (Å²) in [6.45, 7) is 4.78. The number of esters is 1. The Labute approximate surface area is 124 Å². The van der Waals surface area contributed by atoms with Gasteiger partial charge in [-0.1, -0.05) is 43.1 Å². The van der Waals surface area contributed by atoms with E-state index in [1.807, 2.05) is 24.4 Å². The molecule has 0 radical (unpaired) electrons. The van der Waals surface area contributed by atoms with Crippen molar-refractivity contribution in [2.45, 2.75) is 32.9 Å². The highest BCUT2D eigenvalue weighted by Gasteiger charge is 2.28. The molecule has 0 heterocycles. The van der Waals surface area contributed by atoms with Crippen LogP contribution in [0.1, 0.15) is 25.8 Å². The lowest BCUT2D eigenvalue weighted by Crippen LogP contribution is -2.92. The maximum Gasteiger partial charge on any atom is 0.364 e. The maximum absolute atomic E-state index is 11.8. The van der Waals surface area contributed by atoms with Gasteiger partial charge in [-0.15, -0.1) is 0 Å². The summed E-state index contributed by atoms with van der Waals surface area (Å²) in [7, 11) is 1.42. The normalized spacial score (nSPS) is 13.9. The molecule has 0 unspecified atom stereocenters. The molecule has 0 saturated heterocycles. The molecule has 0 amide bonds. The first kappa shape index (κ1) is 16.3. The molecule has 106 valence electrons. The summed E-state index contributed by atoms with van der Waals surface area (Å²) in [5.74, 6) is 0.0737. The number of nitrogens with two attached hydrogens (primary N) is 1. The largest absolute Gasteiger partial charge is 0.465 e. The van der Waals surface area contributed by atoms with Crippen molar-refractivity contribution >= 4 is 29.2 Å². The fraction of sp³-hybridized carbons (Fsp3) is 0.500. The highest BCUT2D eigenvalue weighted by atomic mass is 35.5. The second-order valence-corrected chi connectivity index (χ2v) is 5.44. The van der Waals surface area contributed by atoms with Gasteiger partial charge >= 0.3 is 5.97 Å². The second-order valence-electron chi connectivity index (χ2n) is 4.62. The van der Waals surface area contributed by atoms with Gasteiger partial charge < -0.3 is 10.1 Å². The van der Waals surface area contributed by atoms with Crippen LogP contribution in [0.4, 0.5) is 0 Å². The van der Waals surface area contributed by atoms with Crippen LogP contribution in [0.2, 0.25) is 10.0 Å². The molecule has 2 atom stereocenters. The Bertz CT molecular complexity index is 437. The topological polar surface area (TPSA) is 42.9 Å². The molecule has 1 aromatic carbocycles. The van der Waals surface area contributed by atoms with Gasteiger partial charge in [-0.05, 0) is 18.6 Å². The third-order valence-corrected chi connectivity index (χ3v) is 4.06. The summed E-state index contributed by atoms with van der Waals surface area (Å²) in [5.41, 5.74) is 1.03. The van der Waals surface area contributed by atoms with Gasteiger partial charge in [0.25, 0.3) is 0 Å². The molecule has 0 aromatic heterocycles. The smallest absolute Gasteiger partial charge is 0.364 e. The zero-order valence-electron chi connectivity index (χ0n) is 11.5. The minimum atomic E-state index is -0.190. The van der Waals surface area contributed by atoms with E-state index in [0.29, 0.717) is 16.6 Å². The monoisotopic (exact) mass is 304 g/mol. The van der Waals surface area contributed by atoms with Crippen molar-refractivity contribution in [1.29, 1.82) is 0 Å². The summed E-state index contributed by atoms with van der Waals surface area (Å²) in [6.07, 6.45) is 0.928. The summed E-state index contributed by atoms with van der Waals surface area (Å²) < 4.78 is 4.85. The lowest BCUT2D eigenvalue weighted by Gasteiger charge is -2.18. The molecule has 0 bridgehead atoms. The average Bonchev–Trinajstić information content (AvgIpc) is 2.42. The molecule has 0 spiro atoms. The van der Waals surface area contributed by atoms with Crippen molar-refractivity contribution in [3.8, 4) is 0 Å². The quantitative estimate of drug-likeness (QED) is 0.821. The number of benzene rings is 1. The van der Waals surface area contributed by atoms with Gasteiger partial charge in [-0.3, -0.25) is 0 Å². The first-order valence-corrected chi connectivity index (χ1v) is 7.10. The summed E-state index contributed by atoms with van der Waals surface area (Å²) >= 11 is 11.8. The molecule has 19 heavy (non-hydrogen) atoms. The van der Waals surface area contributed by atoms with Gasteiger partial charge in [-0.2, -0.15) is 0 Å². The van der Waals surface area contributed by atoms with Crippen molar-refractivity contribution in [2.24, 2.45) is 5.92 Å². The minimum Gasteiger partial charge on any atom is -0.465 e. The lowest BCUT2D eigenvalue weighted by atomic mass is 9.99. The number of rotatable bonds is 6. The molecule has 5 heteroatoms. The maximum atomic E-state index is 11.8. The van der Waals surface area contributed by atoms with Crippen molar-refractivity contribution in [3.05, 3.63) is 33.8 Å². The third-order valence-electron chi connectivity index (χ3n) is 3.32. The SMILES string of the molecule is CC[C@H](C)[C@@H]([NH2+]Cc1ccc(Cl)c(Cl)c1)C(=O)OC. The number of methoxy groups -OCH3 is 1. The Balaban J connectivity index is 2.70. The van der Waals surface area contributed by atoms with Crippen LogP contribution in [0, 0.1) is 5.92 Å². The van der Waals surface area contributed by atoms with Crippen molar-refractivity contribution < 1.29 is 14.8 Å². The van der Waals surface area contributed by atoms with E-state index in [2.05, 4.69) is 6.92 Å². The molecule has 3 nitrogen and oxygen atoms in total. The third kappa shape index (κ3) is 4.68. The zero-order valence-corrected chi connectivity index (χ0v) is 13.0. The molecule has 2 N–H and O–H groups in total. The average molecular weight is 305 g/mol. The Kier molecular flexibility index (Phi) is 6.63. The predicted molar refractivity (Wildman–Crippen MR) is 77.4 cm³/mol. The molecule has 0 saturated carbocycles. The van der Waals surface area contributed by atoms with Crippen LogP contribution in [-0.2, 0) is 16.1 Å². The van der Waals surface area contributed by atoms with Crippen LogP contribution in [0.3, 0.4) is 0 Å². The van der Waals surface area contributed by atoms with Gasteiger partial charge in [0.2, 0.25) is 0 Å². The number of carbonyl (C=O) groups excluding carboxylic acids is 1. The van der Waals surface area contributed by atoms with Gasteiger partial charge in [0.1, 0.15) is 6.54 Å². The standard InChI is InChI=1S/C14H19Cl2NO2/c1-4-9(2)13(14(18)19-3)17-8-10-5-6-11(15)12(16)7-10/h5-7,9,13,17H,4,8H2,1-3H3/p+1/t9-,13+/m0/s1. The number of halogens is 2. The van der Waals surface area contributed by atoms with Crippen molar-refractivity contribution in [3.63, 3.8) is 0 Å². The van der Waals surface area contributed by atoms with Crippen LogP contribution in [-0.4, -0.2) is 19.1 Å². The van der Waals surface area contributed by atoms with Crippen LogP contribution in [0.25, 0.3) is 0 Å². The molecule has 0 fully saturated rings. The number of hydrogen-bond donors (Lipinski definition) is 1. The van der Waals surface area contributed by atoms with Crippen molar-refractivity contribution in [2.75, 3.05) is 7.11 Å². The summed E-state index contributed by atoms with van der Waals surface area (Å²) in [4.78, 5) is 11.8. The first-order valence-electron chi connectivity index (χ1n) is 6.34. The molecule has 0 aliphatic heterocycles. The molecule has 1 rings (SSSR count). The van der Waals surface area contributed by atoms with E-state index in [1.165, 1.54) is 7.11 Å². The van der Waals surface area contributed by atoms with E-state index in [4.69, 9.17) is 27.9 Å². The predicted octanol–water partition coefficient (Wildman–Crippen LogP) is 2.64. The number of hydrogen-bond acceptors (Lipinski definition) is 2. The highest BCUT2D eigenvalue weighted by molar-refractivity contribution is 6.42. The first-order chi connectivity index (χ1) is 8.99. The minimum absolute atomic E-state index is 0.186. The fourth-order valence-corrected chi connectivity index (χ4v) is 2.20. The second kappa shape index (κ2) is 7.73. The van der Waals surface area contributed by atoms with E-state index >= 15 is 0 Å². The molecule has 1 aromatic rings. The van der Waals surface area contributed by atoms with E-state index in [-0.39, 0.29) is 17.9 Å². The summed E-state index contributed by atoms with van der Waals surface area (Å²) in [6, 6.07) is 5.31. The number of quaternary nitrogens is 1. The highest BCUT2D eigenvalue weighted by Crippen LogP contribution is 2.22. The van der Waals surface area contributed by atoms with Crippen LogP contribution in [0.15, 0.2) is 18.2 Å². The Hall–Kier alpha value is -0.770. The van der Waals surface area contributed by atoms with Gasteiger partial charge in [-0.25, -0.2) is 4.79 Å².